The van der Waals surface area contributed by atoms with Gasteiger partial charge in [-0.1, -0.05) is 13.3 Å². The van der Waals surface area contributed by atoms with Crippen molar-refractivity contribution in [1.29, 1.82) is 0 Å². The molecule has 1 aliphatic carbocycles. The highest BCUT2D eigenvalue weighted by Gasteiger charge is 2.31. The van der Waals surface area contributed by atoms with Crippen LogP contribution in [0, 0.1) is 5.92 Å². The van der Waals surface area contributed by atoms with Gasteiger partial charge in [-0.25, -0.2) is 0 Å². The largest absolute Gasteiger partial charge is 0.393 e. The van der Waals surface area contributed by atoms with Crippen LogP contribution in [0.25, 0.3) is 0 Å². The van der Waals surface area contributed by atoms with Gasteiger partial charge in [0.2, 0.25) is 0 Å². The number of rotatable bonds is 3. The maximum absolute atomic E-state index is 9.70. The average Bonchev–Trinajstić information content (AvgIpc) is 2.16. The van der Waals surface area contributed by atoms with E-state index in [2.05, 4.69) is 32.7 Å². The van der Waals surface area contributed by atoms with E-state index in [1.54, 1.807) is 0 Å². The summed E-state index contributed by atoms with van der Waals surface area (Å²) in [5, 5.41) is 9.70. The van der Waals surface area contributed by atoms with Crippen LogP contribution in [0.1, 0.15) is 46.5 Å². The van der Waals surface area contributed by atoms with Crippen molar-refractivity contribution in [3.05, 3.63) is 0 Å². The topological polar surface area (TPSA) is 23.5 Å². The average molecular weight is 199 g/mol. The molecule has 0 aliphatic heterocycles. The fourth-order valence-electron chi connectivity index (χ4n) is 2.55. The Hall–Kier alpha value is -0.0800. The van der Waals surface area contributed by atoms with Gasteiger partial charge in [0.05, 0.1) is 6.10 Å². The monoisotopic (exact) mass is 199 g/mol. The molecule has 1 saturated carbocycles. The molecule has 84 valence electrons. The van der Waals surface area contributed by atoms with E-state index in [1.807, 2.05) is 0 Å². The Morgan fingerprint density at radius 2 is 2.00 bits per heavy atom. The zero-order valence-electron chi connectivity index (χ0n) is 10.0. The highest BCUT2D eigenvalue weighted by Crippen LogP contribution is 2.31. The van der Waals surface area contributed by atoms with Crippen LogP contribution < -0.4 is 0 Å². The second-order valence-electron chi connectivity index (χ2n) is 4.96. The van der Waals surface area contributed by atoms with Crippen molar-refractivity contribution in [2.24, 2.45) is 5.92 Å². The summed E-state index contributed by atoms with van der Waals surface area (Å²) in [7, 11) is 2.19. The molecule has 0 bridgehead atoms. The number of hydrogen-bond donors (Lipinski definition) is 1. The number of aliphatic hydroxyl groups is 1. The Kier molecular flexibility index (Phi) is 4.39. The Morgan fingerprint density at radius 1 is 1.36 bits per heavy atom. The Balaban J connectivity index is 2.60. The lowest BCUT2D eigenvalue weighted by Gasteiger charge is -2.41. The summed E-state index contributed by atoms with van der Waals surface area (Å²) in [6.45, 7) is 6.73. The molecule has 0 radical (unpaired) electrons. The molecular weight excluding hydrogens is 174 g/mol. The van der Waals surface area contributed by atoms with Gasteiger partial charge in [0, 0.05) is 12.1 Å². The summed E-state index contributed by atoms with van der Waals surface area (Å²) >= 11 is 0. The number of hydrogen-bond acceptors (Lipinski definition) is 2. The minimum Gasteiger partial charge on any atom is -0.393 e. The summed E-state index contributed by atoms with van der Waals surface area (Å²) in [6.07, 6.45) is 4.34. The lowest BCUT2D eigenvalue weighted by Crippen LogP contribution is -2.46. The molecule has 0 spiro atoms. The first kappa shape index (κ1) is 12.0. The van der Waals surface area contributed by atoms with Crippen LogP contribution >= 0.6 is 0 Å². The molecule has 0 amide bonds. The van der Waals surface area contributed by atoms with E-state index in [4.69, 9.17) is 0 Å². The second-order valence-corrected chi connectivity index (χ2v) is 4.96. The van der Waals surface area contributed by atoms with Crippen molar-refractivity contribution in [3.8, 4) is 0 Å². The van der Waals surface area contributed by atoms with Gasteiger partial charge in [0.15, 0.2) is 0 Å². The van der Waals surface area contributed by atoms with E-state index in [0.717, 1.165) is 18.8 Å². The predicted molar refractivity (Wildman–Crippen MR) is 60.3 cm³/mol. The van der Waals surface area contributed by atoms with Gasteiger partial charge in [0.1, 0.15) is 0 Å². The molecule has 3 unspecified atom stereocenters. The molecule has 2 nitrogen and oxygen atoms in total. The molecule has 2 heteroatoms. The predicted octanol–water partition coefficient (Wildman–Crippen LogP) is 2.27. The van der Waals surface area contributed by atoms with Gasteiger partial charge in [-0.15, -0.1) is 0 Å². The Bertz CT molecular complexity index is 168. The quantitative estimate of drug-likeness (QED) is 0.753. The van der Waals surface area contributed by atoms with Crippen LogP contribution in [0.2, 0.25) is 0 Å². The van der Waals surface area contributed by atoms with Crippen LogP contribution in [0.4, 0.5) is 0 Å². The third kappa shape index (κ3) is 2.71. The summed E-state index contributed by atoms with van der Waals surface area (Å²) in [4.78, 5) is 2.43. The first-order valence-corrected chi connectivity index (χ1v) is 5.96. The van der Waals surface area contributed by atoms with Gasteiger partial charge < -0.3 is 10.0 Å². The normalized spacial score (nSPS) is 34.1. The van der Waals surface area contributed by atoms with Gasteiger partial charge >= 0.3 is 0 Å². The van der Waals surface area contributed by atoms with Crippen LogP contribution in [0.3, 0.4) is 0 Å². The smallest absolute Gasteiger partial charge is 0.0555 e. The van der Waals surface area contributed by atoms with Crippen LogP contribution in [-0.4, -0.2) is 35.2 Å². The number of nitrogens with zero attached hydrogens (tertiary/aromatic N) is 1. The van der Waals surface area contributed by atoms with E-state index in [0.29, 0.717) is 12.1 Å². The van der Waals surface area contributed by atoms with Gasteiger partial charge in [-0.3, -0.25) is 0 Å². The third-order valence-electron chi connectivity index (χ3n) is 3.79. The second kappa shape index (κ2) is 5.13. The van der Waals surface area contributed by atoms with Crippen LogP contribution in [0.15, 0.2) is 0 Å². The van der Waals surface area contributed by atoms with Crippen molar-refractivity contribution in [3.63, 3.8) is 0 Å². The van der Waals surface area contributed by atoms with Gasteiger partial charge in [0.25, 0.3) is 0 Å². The molecule has 1 aliphatic rings. The van der Waals surface area contributed by atoms with Crippen LogP contribution in [0.5, 0.6) is 0 Å². The zero-order valence-corrected chi connectivity index (χ0v) is 10.0. The lowest BCUT2D eigenvalue weighted by atomic mass is 9.80. The number of aliphatic hydroxyl groups excluding tert-OH is 1. The fourth-order valence-corrected chi connectivity index (χ4v) is 2.55. The first-order valence-electron chi connectivity index (χ1n) is 5.96. The third-order valence-corrected chi connectivity index (χ3v) is 3.79. The van der Waals surface area contributed by atoms with E-state index in [9.17, 15) is 5.11 Å². The standard InChI is InChI=1S/C12H25NO/c1-5-10-6-7-11(14)8-12(10)13(4)9(2)3/h9-12,14H,5-8H2,1-4H3. The maximum atomic E-state index is 9.70. The van der Waals surface area contributed by atoms with Crippen LogP contribution in [-0.2, 0) is 0 Å². The first-order chi connectivity index (χ1) is 6.56. The zero-order chi connectivity index (χ0) is 10.7. The fraction of sp³-hybridized carbons (Fsp3) is 1.00. The summed E-state index contributed by atoms with van der Waals surface area (Å²) < 4.78 is 0. The van der Waals surface area contributed by atoms with Crippen molar-refractivity contribution < 1.29 is 5.11 Å². The highest BCUT2D eigenvalue weighted by atomic mass is 16.3. The Morgan fingerprint density at radius 3 is 2.50 bits per heavy atom. The molecule has 0 aromatic heterocycles. The molecule has 0 aromatic carbocycles. The Labute approximate surface area is 88.3 Å². The lowest BCUT2D eigenvalue weighted by molar-refractivity contribution is 0.0249. The van der Waals surface area contributed by atoms with E-state index in [-0.39, 0.29) is 6.10 Å². The molecule has 0 saturated heterocycles. The molecule has 0 heterocycles. The van der Waals surface area contributed by atoms with Crippen molar-refractivity contribution in [2.75, 3.05) is 7.05 Å². The molecule has 3 atom stereocenters. The van der Waals surface area contributed by atoms with Crippen molar-refractivity contribution in [1.82, 2.24) is 4.90 Å². The molecule has 1 fully saturated rings. The molecule has 0 aromatic rings. The summed E-state index contributed by atoms with van der Waals surface area (Å²) in [5.74, 6) is 0.783. The molecule has 1 N–H and O–H groups in total. The van der Waals surface area contributed by atoms with Gasteiger partial charge in [-0.2, -0.15) is 0 Å². The van der Waals surface area contributed by atoms with Gasteiger partial charge in [-0.05, 0) is 46.1 Å². The SMILES string of the molecule is CCC1CCC(O)CC1N(C)C(C)C. The van der Waals surface area contributed by atoms with Crippen molar-refractivity contribution >= 4 is 0 Å². The summed E-state index contributed by atoms with van der Waals surface area (Å²) in [5.41, 5.74) is 0. The maximum Gasteiger partial charge on any atom is 0.0555 e. The van der Waals surface area contributed by atoms with E-state index < -0.39 is 0 Å². The summed E-state index contributed by atoms with van der Waals surface area (Å²) in [6, 6.07) is 1.17. The van der Waals surface area contributed by atoms with E-state index in [1.165, 1.54) is 12.8 Å². The molecular formula is C12H25NO. The minimum atomic E-state index is -0.0657. The van der Waals surface area contributed by atoms with Crippen molar-refractivity contribution in [2.45, 2.75) is 64.6 Å². The molecule has 1 rings (SSSR count). The van der Waals surface area contributed by atoms with E-state index >= 15 is 0 Å². The highest BCUT2D eigenvalue weighted by molar-refractivity contribution is 4.86. The molecule has 14 heavy (non-hydrogen) atoms. The minimum absolute atomic E-state index is 0.0657.